The minimum absolute atomic E-state index is 0.350. The quantitative estimate of drug-likeness (QED) is 0.444. The van der Waals surface area contributed by atoms with Gasteiger partial charge in [0.2, 0.25) is 5.88 Å². The smallest absolute Gasteiger partial charge is 0.232 e. The van der Waals surface area contributed by atoms with E-state index in [4.69, 9.17) is 27.9 Å². The van der Waals surface area contributed by atoms with Gasteiger partial charge >= 0.3 is 0 Å². The summed E-state index contributed by atoms with van der Waals surface area (Å²) in [5, 5.41) is 10.9. The number of aromatic nitrogens is 1. The van der Waals surface area contributed by atoms with Crippen molar-refractivity contribution in [1.82, 2.24) is 4.98 Å². The highest BCUT2D eigenvalue weighted by Gasteiger charge is 2.29. The molecule has 5 heteroatoms. The third-order valence-electron chi connectivity index (χ3n) is 4.48. The summed E-state index contributed by atoms with van der Waals surface area (Å²) in [5.41, 5.74) is 6.01. The molecule has 0 spiro atoms. The van der Waals surface area contributed by atoms with Gasteiger partial charge in [0, 0.05) is 33.2 Å². The maximum Gasteiger partial charge on any atom is 0.232 e. The number of hydrogen-bond donors (Lipinski definition) is 0. The Balaban J connectivity index is 2.11. The summed E-state index contributed by atoms with van der Waals surface area (Å²) in [5.74, 6) is 0.350. The molecule has 3 aromatic rings. The average molecular weight is 381 g/mol. The van der Waals surface area contributed by atoms with E-state index in [0.29, 0.717) is 34.5 Å². The molecular weight excluding hydrogens is 367 g/mol. The summed E-state index contributed by atoms with van der Waals surface area (Å²) in [4.78, 5) is 4.65. The lowest BCUT2D eigenvalue weighted by Crippen LogP contribution is -2.03. The molecule has 1 heterocycles. The standard InChI is InChI=1S/C21H14Cl2N2O/c1-2-26-21-16(11-24)19(15-8-7-13(22)10-17(15)23)20-14-6-4-3-5-12(14)9-18(20)25-21/h3-8,10H,2,9H2,1H3. The van der Waals surface area contributed by atoms with Gasteiger partial charge in [-0.1, -0.05) is 53.5 Å². The van der Waals surface area contributed by atoms with E-state index in [1.807, 2.05) is 25.1 Å². The minimum atomic E-state index is 0.350. The molecule has 0 atom stereocenters. The first-order valence-corrected chi connectivity index (χ1v) is 9.03. The van der Waals surface area contributed by atoms with Crippen molar-refractivity contribution in [3.63, 3.8) is 0 Å². The molecule has 4 rings (SSSR count). The number of halogens is 2. The number of nitrogens with zero attached hydrogens (tertiary/aromatic N) is 2. The SMILES string of the molecule is CCOc1nc2c(c(-c3ccc(Cl)cc3Cl)c1C#N)-c1ccccc1C2. The van der Waals surface area contributed by atoms with Gasteiger partial charge in [0.25, 0.3) is 0 Å². The van der Waals surface area contributed by atoms with Crippen molar-refractivity contribution in [1.29, 1.82) is 5.26 Å². The van der Waals surface area contributed by atoms with Crippen LogP contribution in [0, 0.1) is 11.3 Å². The molecular formula is C21H14Cl2N2O. The van der Waals surface area contributed by atoms with Crippen LogP contribution < -0.4 is 4.74 Å². The second kappa shape index (κ2) is 6.64. The largest absolute Gasteiger partial charge is 0.477 e. The van der Waals surface area contributed by atoms with Crippen LogP contribution in [0.3, 0.4) is 0 Å². The summed E-state index contributed by atoms with van der Waals surface area (Å²) < 4.78 is 5.67. The first-order chi connectivity index (χ1) is 12.6. The molecule has 0 radical (unpaired) electrons. The summed E-state index contributed by atoms with van der Waals surface area (Å²) in [6.07, 6.45) is 0.704. The Labute approximate surface area is 161 Å². The van der Waals surface area contributed by atoms with Crippen molar-refractivity contribution >= 4 is 23.2 Å². The van der Waals surface area contributed by atoms with Crippen molar-refractivity contribution in [3.05, 3.63) is 69.3 Å². The second-order valence-corrected chi connectivity index (χ2v) is 6.84. The lowest BCUT2D eigenvalue weighted by atomic mass is 9.92. The Bertz CT molecular complexity index is 1070. The Morgan fingerprint density at radius 2 is 1.92 bits per heavy atom. The van der Waals surface area contributed by atoms with Crippen LogP contribution in [0.15, 0.2) is 42.5 Å². The van der Waals surface area contributed by atoms with Crippen LogP contribution in [-0.4, -0.2) is 11.6 Å². The number of pyridine rings is 1. The van der Waals surface area contributed by atoms with Crippen molar-refractivity contribution < 1.29 is 4.74 Å². The molecule has 0 fully saturated rings. The number of benzene rings is 2. The van der Waals surface area contributed by atoms with Gasteiger partial charge in [-0.15, -0.1) is 0 Å². The molecule has 0 amide bonds. The molecule has 3 nitrogen and oxygen atoms in total. The third-order valence-corrected chi connectivity index (χ3v) is 5.02. The van der Waals surface area contributed by atoms with Gasteiger partial charge in [-0.3, -0.25) is 0 Å². The number of fused-ring (bicyclic) bond motifs is 3. The first-order valence-electron chi connectivity index (χ1n) is 8.27. The third kappa shape index (κ3) is 2.63. The van der Waals surface area contributed by atoms with E-state index >= 15 is 0 Å². The van der Waals surface area contributed by atoms with Crippen molar-refractivity contribution in [2.75, 3.05) is 6.61 Å². The van der Waals surface area contributed by atoms with Gasteiger partial charge in [-0.05, 0) is 30.2 Å². The van der Waals surface area contributed by atoms with E-state index < -0.39 is 0 Å². The average Bonchev–Trinajstić information content (AvgIpc) is 2.99. The summed E-state index contributed by atoms with van der Waals surface area (Å²) in [6, 6.07) is 15.7. The number of nitriles is 1. The van der Waals surface area contributed by atoms with Crippen LogP contribution >= 0.6 is 23.2 Å². The van der Waals surface area contributed by atoms with Crippen LogP contribution in [0.1, 0.15) is 23.7 Å². The monoisotopic (exact) mass is 380 g/mol. The molecule has 1 aromatic heterocycles. The fourth-order valence-corrected chi connectivity index (χ4v) is 3.94. The maximum absolute atomic E-state index is 9.87. The van der Waals surface area contributed by atoms with E-state index in [2.05, 4.69) is 23.2 Å². The predicted octanol–water partition coefficient (Wildman–Crippen LogP) is 5.90. The van der Waals surface area contributed by atoms with Gasteiger partial charge in [0.05, 0.1) is 12.3 Å². The van der Waals surface area contributed by atoms with Gasteiger partial charge in [0.1, 0.15) is 11.6 Å². The molecule has 2 aromatic carbocycles. The van der Waals surface area contributed by atoms with Crippen molar-refractivity contribution in [2.24, 2.45) is 0 Å². The molecule has 0 saturated carbocycles. The maximum atomic E-state index is 9.87. The fraction of sp³-hybridized carbons (Fsp3) is 0.143. The number of hydrogen-bond acceptors (Lipinski definition) is 3. The van der Waals surface area contributed by atoms with Gasteiger partial charge < -0.3 is 4.74 Å². The Kier molecular flexibility index (Phi) is 4.32. The molecule has 128 valence electrons. The van der Waals surface area contributed by atoms with Crippen molar-refractivity contribution in [2.45, 2.75) is 13.3 Å². The van der Waals surface area contributed by atoms with Crippen LogP contribution in [0.5, 0.6) is 5.88 Å². The molecule has 0 aliphatic heterocycles. The Morgan fingerprint density at radius 1 is 1.12 bits per heavy atom. The zero-order valence-electron chi connectivity index (χ0n) is 14.0. The second-order valence-electron chi connectivity index (χ2n) is 5.99. The lowest BCUT2D eigenvalue weighted by Gasteiger charge is -2.16. The number of ether oxygens (including phenoxy) is 1. The van der Waals surface area contributed by atoms with Gasteiger partial charge in [-0.2, -0.15) is 5.26 Å². The summed E-state index contributed by atoms with van der Waals surface area (Å²) >= 11 is 12.6. The minimum Gasteiger partial charge on any atom is -0.477 e. The van der Waals surface area contributed by atoms with E-state index in [1.165, 1.54) is 5.56 Å². The summed E-state index contributed by atoms with van der Waals surface area (Å²) in [7, 11) is 0. The lowest BCUT2D eigenvalue weighted by molar-refractivity contribution is 0.325. The predicted molar refractivity (Wildman–Crippen MR) is 104 cm³/mol. The van der Waals surface area contributed by atoms with E-state index in [9.17, 15) is 5.26 Å². The topological polar surface area (TPSA) is 45.9 Å². The Hall–Kier alpha value is -2.54. The Morgan fingerprint density at radius 3 is 2.65 bits per heavy atom. The van der Waals surface area contributed by atoms with Crippen LogP contribution in [-0.2, 0) is 6.42 Å². The van der Waals surface area contributed by atoms with E-state index in [0.717, 1.165) is 27.9 Å². The van der Waals surface area contributed by atoms with Gasteiger partial charge in [-0.25, -0.2) is 4.98 Å². The van der Waals surface area contributed by atoms with Crippen LogP contribution in [0.2, 0.25) is 10.0 Å². The fourth-order valence-electron chi connectivity index (χ4n) is 3.43. The molecule has 0 unspecified atom stereocenters. The number of rotatable bonds is 3. The van der Waals surface area contributed by atoms with Crippen molar-refractivity contribution in [3.8, 4) is 34.2 Å². The molecule has 0 bridgehead atoms. The first kappa shape index (κ1) is 16.9. The molecule has 1 aliphatic carbocycles. The zero-order chi connectivity index (χ0) is 18.3. The molecule has 0 saturated heterocycles. The van der Waals surface area contributed by atoms with E-state index in [1.54, 1.807) is 12.1 Å². The highest BCUT2D eigenvalue weighted by atomic mass is 35.5. The molecule has 1 aliphatic rings. The van der Waals surface area contributed by atoms with Crippen LogP contribution in [0.25, 0.3) is 22.3 Å². The molecule has 0 N–H and O–H groups in total. The normalized spacial score (nSPS) is 11.6. The summed E-state index contributed by atoms with van der Waals surface area (Å²) in [6.45, 7) is 2.31. The van der Waals surface area contributed by atoms with E-state index in [-0.39, 0.29) is 0 Å². The van der Waals surface area contributed by atoms with Gasteiger partial charge in [0.15, 0.2) is 0 Å². The highest BCUT2D eigenvalue weighted by Crippen LogP contribution is 2.47. The zero-order valence-corrected chi connectivity index (χ0v) is 15.5. The molecule has 26 heavy (non-hydrogen) atoms. The highest BCUT2D eigenvalue weighted by molar-refractivity contribution is 6.36. The van der Waals surface area contributed by atoms with Crippen LogP contribution in [0.4, 0.5) is 0 Å².